The molecule has 3 rings (SSSR count). The Morgan fingerprint density at radius 1 is 1.14 bits per heavy atom. The minimum atomic E-state index is 0.211. The van der Waals surface area contributed by atoms with Gasteiger partial charge in [0.25, 0.3) is 0 Å². The summed E-state index contributed by atoms with van der Waals surface area (Å²) in [6.45, 7) is 5.68. The third kappa shape index (κ3) is 3.48. The number of anilines is 1. The predicted octanol–water partition coefficient (Wildman–Crippen LogP) is 4.02. The zero-order valence-electron chi connectivity index (χ0n) is 12.6. The molecule has 0 aliphatic carbocycles. The van der Waals surface area contributed by atoms with E-state index in [1.165, 1.54) is 11.1 Å². The predicted molar refractivity (Wildman–Crippen MR) is 85.2 cm³/mol. The standard InChI is InChI=1S/C18H21NO2/c1-13(2)21-17-6-3-14(4-7-17)12-19-16-5-8-18-15(11-16)9-10-20-18/h3-8,11,13,19H,9-10,12H2,1-2H3. The lowest BCUT2D eigenvalue weighted by molar-refractivity contribution is 0.242. The number of hydrogen-bond acceptors (Lipinski definition) is 3. The van der Waals surface area contributed by atoms with Crippen molar-refractivity contribution in [2.24, 2.45) is 0 Å². The summed E-state index contributed by atoms with van der Waals surface area (Å²) >= 11 is 0. The van der Waals surface area contributed by atoms with Crippen LogP contribution in [0.3, 0.4) is 0 Å². The molecule has 0 amide bonds. The van der Waals surface area contributed by atoms with Gasteiger partial charge in [0, 0.05) is 18.7 Å². The van der Waals surface area contributed by atoms with Crippen LogP contribution in [0.1, 0.15) is 25.0 Å². The molecule has 3 heteroatoms. The van der Waals surface area contributed by atoms with E-state index in [-0.39, 0.29) is 6.10 Å². The lowest BCUT2D eigenvalue weighted by atomic mass is 10.1. The van der Waals surface area contributed by atoms with Crippen LogP contribution in [0.15, 0.2) is 42.5 Å². The summed E-state index contributed by atoms with van der Waals surface area (Å²) in [6.07, 6.45) is 1.22. The molecular weight excluding hydrogens is 262 g/mol. The first kappa shape index (κ1) is 13.8. The molecule has 1 aliphatic heterocycles. The number of hydrogen-bond donors (Lipinski definition) is 1. The summed E-state index contributed by atoms with van der Waals surface area (Å²) in [5.74, 6) is 1.94. The van der Waals surface area contributed by atoms with Crippen LogP contribution in [0.4, 0.5) is 5.69 Å². The van der Waals surface area contributed by atoms with Crippen LogP contribution in [0.25, 0.3) is 0 Å². The Kier molecular flexibility index (Phi) is 4.00. The van der Waals surface area contributed by atoms with Gasteiger partial charge in [-0.15, -0.1) is 0 Å². The van der Waals surface area contributed by atoms with E-state index in [4.69, 9.17) is 9.47 Å². The normalized spacial score (nSPS) is 12.9. The highest BCUT2D eigenvalue weighted by Crippen LogP contribution is 2.28. The largest absolute Gasteiger partial charge is 0.493 e. The lowest BCUT2D eigenvalue weighted by Gasteiger charge is -2.11. The van der Waals surface area contributed by atoms with E-state index in [1.807, 2.05) is 32.0 Å². The van der Waals surface area contributed by atoms with Crippen LogP contribution in [0.2, 0.25) is 0 Å². The van der Waals surface area contributed by atoms with Gasteiger partial charge in [-0.25, -0.2) is 0 Å². The average Bonchev–Trinajstić information content (AvgIpc) is 2.93. The second kappa shape index (κ2) is 6.08. The van der Waals surface area contributed by atoms with E-state index in [1.54, 1.807) is 0 Å². The van der Waals surface area contributed by atoms with Crippen LogP contribution in [0.5, 0.6) is 11.5 Å². The molecule has 0 atom stereocenters. The SMILES string of the molecule is CC(C)Oc1ccc(CNc2ccc3c(c2)CCO3)cc1. The number of benzene rings is 2. The van der Waals surface area contributed by atoms with Crippen molar-refractivity contribution in [2.75, 3.05) is 11.9 Å². The third-order valence-corrected chi connectivity index (χ3v) is 3.48. The van der Waals surface area contributed by atoms with Gasteiger partial charge in [0.2, 0.25) is 0 Å². The van der Waals surface area contributed by atoms with Crippen molar-refractivity contribution in [1.82, 2.24) is 0 Å². The van der Waals surface area contributed by atoms with E-state index >= 15 is 0 Å². The summed E-state index contributed by atoms with van der Waals surface area (Å²) in [5, 5.41) is 3.45. The molecule has 1 N–H and O–H groups in total. The quantitative estimate of drug-likeness (QED) is 0.899. The summed E-state index contributed by atoms with van der Waals surface area (Å²) in [4.78, 5) is 0. The fraction of sp³-hybridized carbons (Fsp3) is 0.333. The molecule has 21 heavy (non-hydrogen) atoms. The zero-order valence-corrected chi connectivity index (χ0v) is 12.6. The Balaban J connectivity index is 1.59. The van der Waals surface area contributed by atoms with Crippen LogP contribution >= 0.6 is 0 Å². The molecule has 0 radical (unpaired) electrons. The first-order chi connectivity index (χ1) is 10.2. The summed E-state index contributed by atoms with van der Waals surface area (Å²) in [5.41, 5.74) is 3.67. The molecule has 0 unspecified atom stereocenters. The Morgan fingerprint density at radius 3 is 2.71 bits per heavy atom. The second-order valence-electron chi connectivity index (χ2n) is 5.59. The van der Waals surface area contributed by atoms with Gasteiger partial charge in [0.05, 0.1) is 12.7 Å². The maximum Gasteiger partial charge on any atom is 0.122 e. The van der Waals surface area contributed by atoms with Crippen molar-refractivity contribution in [3.63, 3.8) is 0 Å². The Hall–Kier alpha value is -2.16. The Bertz CT molecular complexity index is 605. The molecule has 0 saturated heterocycles. The van der Waals surface area contributed by atoms with Gasteiger partial charge in [0.1, 0.15) is 11.5 Å². The van der Waals surface area contributed by atoms with Crippen molar-refractivity contribution in [2.45, 2.75) is 32.9 Å². The van der Waals surface area contributed by atoms with Crippen LogP contribution < -0.4 is 14.8 Å². The van der Waals surface area contributed by atoms with Gasteiger partial charge >= 0.3 is 0 Å². The molecule has 2 aromatic rings. The highest BCUT2D eigenvalue weighted by atomic mass is 16.5. The molecule has 3 nitrogen and oxygen atoms in total. The molecule has 0 bridgehead atoms. The van der Waals surface area contributed by atoms with E-state index in [9.17, 15) is 0 Å². The fourth-order valence-corrected chi connectivity index (χ4v) is 2.46. The van der Waals surface area contributed by atoms with Gasteiger partial charge in [0.15, 0.2) is 0 Å². The Morgan fingerprint density at radius 2 is 1.95 bits per heavy atom. The van der Waals surface area contributed by atoms with Gasteiger partial charge in [-0.3, -0.25) is 0 Å². The van der Waals surface area contributed by atoms with E-state index in [0.717, 1.165) is 36.8 Å². The van der Waals surface area contributed by atoms with E-state index < -0.39 is 0 Å². The minimum Gasteiger partial charge on any atom is -0.493 e. The maximum atomic E-state index is 5.65. The topological polar surface area (TPSA) is 30.5 Å². The van der Waals surface area contributed by atoms with Gasteiger partial charge in [-0.1, -0.05) is 12.1 Å². The van der Waals surface area contributed by atoms with Crippen molar-refractivity contribution < 1.29 is 9.47 Å². The molecule has 0 saturated carbocycles. The number of ether oxygens (including phenoxy) is 2. The first-order valence-corrected chi connectivity index (χ1v) is 7.46. The number of fused-ring (bicyclic) bond motifs is 1. The number of rotatable bonds is 5. The molecular formula is C18H21NO2. The average molecular weight is 283 g/mol. The summed E-state index contributed by atoms with van der Waals surface area (Å²) in [6, 6.07) is 14.5. The van der Waals surface area contributed by atoms with E-state index in [2.05, 4.69) is 29.6 Å². The smallest absolute Gasteiger partial charge is 0.122 e. The molecule has 1 heterocycles. The van der Waals surface area contributed by atoms with Crippen LogP contribution in [0, 0.1) is 0 Å². The first-order valence-electron chi connectivity index (χ1n) is 7.46. The molecule has 0 fully saturated rings. The number of nitrogens with one attached hydrogen (secondary N) is 1. The highest BCUT2D eigenvalue weighted by molar-refractivity contribution is 5.52. The Labute approximate surface area is 125 Å². The molecule has 0 spiro atoms. The van der Waals surface area contributed by atoms with E-state index in [0.29, 0.717) is 0 Å². The molecule has 2 aromatic carbocycles. The lowest BCUT2D eigenvalue weighted by Crippen LogP contribution is -2.05. The summed E-state index contributed by atoms with van der Waals surface area (Å²) < 4.78 is 11.2. The maximum absolute atomic E-state index is 5.65. The fourth-order valence-electron chi connectivity index (χ4n) is 2.46. The minimum absolute atomic E-state index is 0.211. The zero-order chi connectivity index (χ0) is 14.7. The third-order valence-electron chi connectivity index (χ3n) is 3.48. The molecule has 0 aromatic heterocycles. The highest BCUT2D eigenvalue weighted by Gasteiger charge is 2.11. The monoisotopic (exact) mass is 283 g/mol. The van der Waals surface area contributed by atoms with Gasteiger partial charge in [-0.05, 0) is 55.3 Å². The van der Waals surface area contributed by atoms with Gasteiger partial charge in [-0.2, -0.15) is 0 Å². The van der Waals surface area contributed by atoms with Gasteiger partial charge < -0.3 is 14.8 Å². The van der Waals surface area contributed by atoms with Crippen molar-refractivity contribution in [1.29, 1.82) is 0 Å². The van der Waals surface area contributed by atoms with Crippen LogP contribution in [-0.4, -0.2) is 12.7 Å². The molecule has 110 valence electrons. The molecule has 1 aliphatic rings. The van der Waals surface area contributed by atoms with Crippen molar-refractivity contribution >= 4 is 5.69 Å². The second-order valence-corrected chi connectivity index (χ2v) is 5.59. The van der Waals surface area contributed by atoms with Crippen molar-refractivity contribution in [3.8, 4) is 11.5 Å². The summed E-state index contributed by atoms with van der Waals surface area (Å²) in [7, 11) is 0. The van der Waals surface area contributed by atoms with Crippen molar-refractivity contribution in [3.05, 3.63) is 53.6 Å². The van der Waals surface area contributed by atoms with Crippen LogP contribution in [-0.2, 0) is 13.0 Å².